The van der Waals surface area contributed by atoms with Crippen LogP contribution in [0.15, 0.2) is 0 Å². The average molecular weight is 256 g/mol. The van der Waals surface area contributed by atoms with Crippen molar-refractivity contribution in [1.82, 2.24) is 15.0 Å². The Balaban J connectivity index is 2.87. The summed E-state index contributed by atoms with van der Waals surface area (Å²) in [4.78, 5) is 14.0. The Hall–Kier alpha value is -1.67. The van der Waals surface area contributed by atoms with E-state index in [1.807, 2.05) is 11.8 Å². The third-order valence-electron chi connectivity index (χ3n) is 2.18. The molecule has 1 aromatic heterocycles. The van der Waals surface area contributed by atoms with Crippen LogP contribution in [0.25, 0.3) is 0 Å². The fraction of sp³-hybridized carbons (Fsp3) is 0.700. The first-order valence-corrected chi connectivity index (χ1v) is 5.93. The number of aliphatic hydroxyl groups excluding tert-OH is 2. The van der Waals surface area contributed by atoms with Gasteiger partial charge in [-0.05, 0) is 6.42 Å². The highest BCUT2D eigenvalue weighted by molar-refractivity contribution is 5.41. The first-order valence-electron chi connectivity index (χ1n) is 5.93. The number of nitrogens with two attached hydrogens (primary N) is 1. The van der Waals surface area contributed by atoms with Crippen LogP contribution in [0.5, 0.6) is 0 Å². The molecule has 1 aromatic rings. The smallest absolute Gasteiger partial charge is 0.232 e. The van der Waals surface area contributed by atoms with Gasteiger partial charge in [0.15, 0.2) is 0 Å². The van der Waals surface area contributed by atoms with Crippen molar-refractivity contribution in [3.63, 3.8) is 0 Å². The van der Waals surface area contributed by atoms with E-state index in [2.05, 4.69) is 20.3 Å². The van der Waals surface area contributed by atoms with Gasteiger partial charge in [-0.3, -0.25) is 0 Å². The molecule has 0 atom stereocenters. The number of aromatic nitrogens is 3. The van der Waals surface area contributed by atoms with Gasteiger partial charge in [-0.2, -0.15) is 15.0 Å². The lowest BCUT2D eigenvalue weighted by molar-refractivity contribution is 0.301. The van der Waals surface area contributed by atoms with Crippen molar-refractivity contribution < 1.29 is 10.2 Å². The van der Waals surface area contributed by atoms with Gasteiger partial charge in [0.2, 0.25) is 17.8 Å². The third kappa shape index (κ3) is 4.30. The van der Waals surface area contributed by atoms with Crippen LogP contribution in [0.2, 0.25) is 0 Å². The minimum absolute atomic E-state index is 0.0176. The summed E-state index contributed by atoms with van der Waals surface area (Å²) in [6.45, 7) is 3.54. The Bertz CT molecular complexity index is 356. The van der Waals surface area contributed by atoms with Crippen molar-refractivity contribution in [2.45, 2.75) is 13.3 Å². The van der Waals surface area contributed by atoms with Gasteiger partial charge in [0, 0.05) is 19.6 Å². The lowest BCUT2D eigenvalue weighted by atomic mass is 10.4. The minimum atomic E-state index is -0.0176. The van der Waals surface area contributed by atoms with E-state index in [-0.39, 0.29) is 19.2 Å². The minimum Gasteiger partial charge on any atom is -0.395 e. The van der Waals surface area contributed by atoms with E-state index in [1.54, 1.807) is 0 Å². The number of nitrogens with one attached hydrogen (secondary N) is 1. The Morgan fingerprint density at radius 2 is 1.94 bits per heavy atom. The fourth-order valence-electron chi connectivity index (χ4n) is 1.47. The fourth-order valence-corrected chi connectivity index (χ4v) is 1.47. The molecular formula is C10H20N6O2. The Morgan fingerprint density at radius 1 is 1.17 bits per heavy atom. The number of rotatable bonds is 8. The molecule has 0 fully saturated rings. The van der Waals surface area contributed by atoms with Gasteiger partial charge < -0.3 is 26.2 Å². The summed E-state index contributed by atoms with van der Waals surface area (Å²) in [5.74, 6) is 0.865. The van der Waals surface area contributed by atoms with Gasteiger partial charge >= 0.3 is 0 Å². The number of hydrogen-bond donors (Lipinski definition) is 4. The predicted octanol–water partition coefficient (Wildman–Crippen LogP) is -0.933. The average Bonchev–Trinajstić information content (AvgIpc) is 2.35. The van der Waals surface area contributed by atoms with E-state index < -0.39 is 0 Å². The molecule has 18 heavy (non-hydrogen) atoms. The molecule has 0 unspecified atom stereocenters. The molecule has 0 amide bonds. The maximum absolute atomic E-state index is 9.01. The van der Waals surface area contributed by atoms with Crippen LogP contribution < -0.4 is 16.0 Å². The third-order valence-corrected chi connectivity index (χ3v) is 2.18. The van der Waals surface area contributed by atoms with Gasteiger partial charge in [-0.1, -0.05) is 6.92 Å². The van der Waals surface area contributed by atoms with Crippen molar-refractivity contribution >= 4 is 17.8 Å². The lowest BCUT2D eigenvalue weighted by Gasteiger charge is -2.21. The molecule has 1 rings (SSSR count). The molecule has 0 radical (unpaired) electrons. The Morgan fingerprint density at radius 3 is 2.56 bits per heavy atom. The van der Waals surface area contributed by atoms with Crippen LogP contribution in [0.1, 0.15) is 13.3 Å². The van der Waals surface area contributed by atoms with Gasteiger partial charge in [0.05, 0.1) is 13.2 Å². The maximum Gasteiger partial charge on any atom is 0.232 e. The first-order chi connectivity index (χ1) is 8.71. The molecule has 0 aliphatic heterocycles. The summed E-state index contributed by atoms with van der Waals surface area (Å²) < 4.78 is 0. The van der Waals surface area contributed by atoms with E-state index in [1.165, 1.54) is 0 Å². The van der Waals surface area contributed by atoms with E-state index in [9.17, 15) is 0 Å². The highest BCUT2D eigenvalue weighted by Crippen LogP contribution is 2.12. The van der Waals surface area contributed by atoms with Crippen LogP contribution in [0.3, 0.4) is 0 Å². The van der Waals surface area contributed by atoms with Crippen molar-refractivity contribution in [3.05, 3.63) is 0 Å². The van der Waals surface area contributed by atoms with E-state index in [0.29, 0.717) is 25.0 Å². The van der Waals surface area contributed by atoms with Gasteiger partial charge in [0.25, 0.3) is 0 Å². The number of nitrogen functional groups attached to an aromatic ring is 1. The summed E-state index contributed by atoms with van der Waals surface area (Å²) in [6.07, 6.45) is 0.908. The molecule has 0 aromatic carbocycles. The highest BCUT2D eigenvalue weighted by atomic mass is 16.3. The SMILES string of the molecule is CCCN(CCO)c1nc(N)nc(NCCO)n1. The normalized spacial score (nSPS) is 10.4. The largest absolute Gasteiger partial charge is 0.395 e. The van der Waals surface area contributed by atoms with Crippen molar-refractivity contribution in [2.75, 3.05) is 48.8 Å². The van der Waals surface area contributed by atoms with Crippen LogP contribution in [0, 0.1) is 0 Å². The first kappa shape index (κ1) is 14.4. The molecule has 0 saturated carbocycles. The molecule has 0 aliphatic rings. The van der Waals surface area contributed by atoms with Crippen LogP contribution in [-0.4, -0.2) is 58.0 Å². The molecule has 102 valence electrons. The molecule has 0 spiro atoms. The summed E-state index contributed by atoms with van der Waals surface area (Å²) in [5, 5.41) is 20.6. The zero-order valence-electron chi connectivity index (χ0n) is 10.5. The predicted molar refractivity (Wildman–Crippen MR) is 69.4 cm³/mol. The molecule has 5 N–H and O–H groups in total. The molecule has 0 saturated heterocycles. The zero-order valence-corrected chi connectivity index (χ0v) is 10.5. The summed E-state index contributed by atoms with van der Waals surface area (Å²) >= 11 is 0. The number of aliphatic hydroxyl groups is 2. The molecule has 0 bridgehead atoms. The van der Waals surface area contributed by atoms with E-state index in [4.69, 9.17) is 15.9 Å². The Kier molecular flexibility index (Phi) is 6.09. The Labute approximate surface area is 106 Å². The van der Waals surface area contributed by atoms with Gasteiger partial charge in [-0.25, -0.2) is 0 Å². The second kappa shape index (κ2) is 7.62. The number of anilines is 3. The lowest BCUT2D eigenvalue weighted by Crippen LogP contribution is -2.30. The summed E-state index contributed by atoms with van der Waals surface area (Å²) in [7, 11) is 0. The van der Waals surface area contributed by atoms with Crippen molar-refractivity contribution in [2.24, 2.45) is 0 Å². The quantitative estimate of drug-likeness (QED) is 0.470. The standard InChI is InChI=1S/C10H20N6O2/c1-2-4-16(5-7-18)10-14-8(11)13-9(15-10)12-3-6-17/h17-18H,2-7H2,1H3,(H3,11,12,13,14,15). The second-order valence-corrected chi connectivity index (χ2v) is 3.68. The van der Waals surface area contributed by atoms with Crippen LogP contribution in [0.4, 0.5) is 17.8 Å². The van der Waals surface area contributed by atoms with Gasteiger partial charge in [-0.15, -0.1) is 0 Å². The van der Waals surface area contributed by atoms with Crippen molar-refractivity contribution in [1.29, 1.82) is 0 Å². The monoisotopic (exact) mass is 256 g/mol. The number of nitrogens with zero attached hydrogens (tertiary/aromatic N) is 4. The maximum atomic E-state index is 9.01. The second-order valence-electron chi connectivity index (χ2n) is 3.68. The molecule has 1 heterocycles. The van der Waals surface area contributed by atoms with Gasteiger partial charge in [0.1, 0.15) is 0 Å². The van der Waals surface area contributed by atoms with E-state index >= 15 is 0 Å². The van der Waals surface area contributed by atoms with Crippen LogP contribution >= 0.6 is 0 Å². The molecular weight excluding hydrogens is 236 g/mol. The highest BCUT2D eigenvalue weighted by Gasteiger charge is 2.11. The van der Waals surface area contributed by atoms with Crippen LogP contribution in [-0.2, 0) is 0 Å². The van der Waals surface area contributed by atoms with Crippen molar-refractivity contribution in [3.8, 4) is 0 Å². The summed E-state index contributed by atoms with van der Waals surface area (Å²) in [5.41, 5.74) is 5.61. The molecule has 0 aliphatic carbocycles. The summed E-state index contributed by atoms with van der Waals surface area (Å²) in [6, 6.07) is 0. The zero-order chi connectivity index (χ0) is 13.4. The topological polar surface area (TPSA) is 120 Å². The van der Waals surface area contributed by atoms with E-state index in [0.717, 1.165) is 13.0 Å². The number of hydrogen-bond acceptors (Lipinski definition) is 8. The molecule has 8 heteroatoms. The molecule has 8 nitrogen and oxygen atoms in total.